The molecule has 112 valence electrons. The molecular weight excluding hydrogens is 270 g/mol. The third-order valence-electron chi connectivity index (χ3n) is 4.64. The van der Waals surface area contributed by atoms with Crippen molar-refractivity contribution >= 4 is 11.6 Å². The second kappa shape index (κ2) is 6.05. The Morgan fingerprint density at radius 2 is 1.70 bits per heavy atom. The van der Waals surface area contributed by atoms with Gasteiger partial charge in [-0.3, -0.25) is 0 Å². The van der Waals surface area contributed by atoms with Crippen LogP contribution in [-0.4, -0.2) is 17.3 Å². The first kappa shape index (κ1) is 15.8. The Bertz CT molecular complexity index is 431. The summed E-state index contributed by atoms with van der Waals surface area (Å²) in [6.07, 6.45) is 3.97. The van der Waals surface area contributed by atoms with E-state index in [2.05, 4.69) is 26.1 Å². The van der Waals surface area contributed by atoms with Crippen LogP contribution in [0.1, 0.15) is 58.1 Å². The maximum absolute atomic E-state index is 10.7. The zero-order valence-electron chi connectivity index (χ0n) is 12.7. The van der Waals surface area contributed by atoms with Crippen LogP contribution in [0.2, 0.25) is 5.02 Å². The number of rotatable bonds is 4. The molecule has 0 amide bonds. The molecular formula is C17H26ClNO. The third-order valence-corrected chi connectivity index (χ3v) is 4.89. The van der Waals surface area contributed by atoms with Crippen LogP contribution in [0.4, 0.5) is 0 Å². The fraction of sp³-hybridized carbons (Fsp3) is 0.647. The van der Waals surface area contributed by atoms with Crippen LogP contribution in [0, 0.1) is 5.41 Å². The molecule has 1 aromatic rings. The fourth-order valence-corrected chi connectivity index (χ4v) is 2.91. The van der Waals surface area contributed by atoms with Gasteiger partial charge in [-0.05, 0) is 55.7 Å². The zero-order chi connectivity index (χ0) is 14.8. The molecule has 0 aliphatic heterocycles. The molecule has 3 heteroatoms. The minimum atomic E-state index is -0.545. The first-order valence-corrected chi connectivity index (χ1v) is 7.89. The van der Waals surface area contributed by atoms with Crippen LogP contribution in [0.15, 0.2) is 24.3 Å². The summed E-state index contributed by atoms with van der Waals surface area (Å²) in [5.41, 5.74) is 1.04. The largest absolute Gasteiger partial charge is 0.389 e. The number of hydrogen-bond acceptors (Lipinski definition) is 2. The number of halogens is 1. The molecule has 1 aromatic carbocycles. The summed E-state index contributed by atoms with van der Waals surface area (Å²) in [4.78, 5) is 0. The number of nitrogens with one attached hydrogen (secondary N) is 1. The molecule has 1 saturated carbocycles. The Morgan fingerprint density at radius 1 is 1.15 bits per heavy atom. The van der Waals surface area contributed by atoms with Crippen LogP contribution in [0.5, 0.6) is 0 Å². The van der Waals surface area contributed by atoms with E-state index in [1.165, 1.54) is 5.56 Å². The second-order valence-electron chi connectivity index (χ2n) is 7.04. The van der Waals surface area contributed by atoms with Crippen molar-refractivity contribution in [1.82, 2.24) is 5.32 Å². The Balaban J connectivity index is 1.87. The summed E-state index contributed by atoms with van der Waals surface area (Å²) in [5.74, 6) is 0. The lowest BCUT2D eigenvalue weighted by molar-refractivity contribution is -0.0258. The highest BCUT2D eigenvalue weighted by Gasteiger charge is 2.36. The van der Waals surface area contributed by atoms with Gasteiger partial charge in [0.2, 0.25) is 0 Å². The van der Waals surface area contributed by atoms with Crippen molar-refractivity contribution < 1.29 is 5.11 Å². The van der Waals surface area contributed by atoms with Crippen LogP contribution < -0.4 is 5.32 Å². The van der Waals surface area contributed by atoms with Crippen molar-refractivity contribution in [3.05, 3.63) is 34.9 Å². The average Bonchev–Trinajstić information content (AvgIpc) is 2.41. The topological polar surface area (TPSA) is 32.3 Å². The molecule has 2 rings (SSSR count). The number of hydrogen-bond donors (Lipinski definition) is 2. The Labute approximate surface area is 127 Å². The van der Waals surface area contributed by atoms with Crippen LogP contribution >= 0.6 is 11.6 Å². The van der Waals surface area contributed by atoms with E-state index in [0.717, 1.165) is 30.7 Å². The van der Waals surface area contributed by atoms with Gasteiger partial charge in [-0.1, -0.05) is 37.6 Å². The summed E-state index contributed by atoms with van der Waals surface area (Å²) < 4.78 is 0. The monoisotopic (exact) mass is 295 g/mol. The van der Waals surface area contributed by atoms with Gasteiger partial charge in [-0.2, -0.15) is 0 Å². The van der Waals surface area contributed by atoms with Gasteiger partial charge in [-0.15, -0.1) is 0 Å². The van der Waals surface area contributed by atoms with Gasteiger partial charge in [0, 0.05) is 17.6 Å². The van der Waals surface area contributed by atoms with E-state index < -0.39 is 5.60 Å². The summed E-state index contributed by atoms with van der Waals surface area (Å²) in [6.45, 7) is 7.36. The van der Waals surface area contributed by atoms with E-state index in [-0.39, 0.29) is 6.04 Å². The first-order chi connectivity index (χ1) is 9.30. The standard InChI is InChI=1S/C17H26ClNO/c1-13(14-4-6-15(18)7-5-14)19-12-17(20)10-8-16(2,3)9-11-17/h4-7,13,19-20H,8-12H2,1-3H3. The number of aliphatic hydroxyl groups is 1. The van der Waals surface area contributed by atoms with Gasteiger partial charge >= 0.3 is 0 Å². The van der Waals surface area contributed by atoms with Crippen molar-refractivity contribution in [2.24, 2.45) is 5.41 Å². The molecule has 0 saturated heterocycles. The van der Waals surface area contributed by atoms with Crippen molar-refractivity contribution in [1.29, 1.82) is 0 Å². The third kappa shape index (κ3) is 4.21. The first-order valence-electron chi connectivity index (χ1n) is 7.51. The zero-order valence-corrected chi connectivity index (χ0v) is 13.5. The van der Waals surface area contributed by atoms with Gasteiger partial charge in [0.15, 0.2) is 0 Å². The lowest BCUT2D eigenvalue weighted by atomic mass is 9.71. The molecule has 20 heavy (non-hydrogen) atoms. The highest BCUT2D eigenvalue weighted by atomic mass is 35.5. The summed E-state index contributed by atoms with van der Waals surface area (Å²) >= 11 is 5.90. The van der Waals surface area contributed by atoms with Gasteiger partial charge in [0.1, 0.15) is 0 Å². The predicted octanol–water partition coefficient (Wildman–Crippen LogP) is 4.32. The normalized spacial score (nSPS) is 22.4. The summed E-state index contributed by atoms with van der Waals surface area (Å²) in [7, 11) is 0. The molecule has 1 aliphatic carbocycles. The minimum Gasteiger partial charge on any atom is -0.389 e. The molecule has 0 bridgehead atoms. The SMILES string of the molecule is CC(NCC1(O)CCC(C)(C)CC1)c1ccc(Cl)cc1. The van der Waals surface area contributed by atoms with E-state index in [9.17, 15) is 5.11 Å². The van der Waals surface area contributed by atoms with Crippen molar-refractivity contribution in [2.45, 2.75) is 58.1 Å². The highest BCUT2D eigenvalue weighted by Crippen LogP contribution is 2.40. The van der Waals surface area contributed by atoms with Gasteiger partial charge < -0.3 is 10.4 Å². The molecule has 1 atom stereocenters. The van der Waals surface area contributed by atoms with Gasteiger partial charge in [-0.25, -0.2) is 0 Å². The smallest absolute Gasteiger partial charge is 0.0772 e. The Morgan fingerprint density at radius 3 is 2.25 bits per heavy atom. The molecule has 2 N–H and O–H groups in total. The Hall–Kier alpha value is -0.570. The minimum absolute atomic E-state index is 0.228. The van der Waals surface area contributed by atoms with Crippen molar-refractivity contribution in [2.75, 3.05) is 6.54 Å². The molecule has 1 aliphatic rings. The van der Waals surface area contributed by atoms with E-state index >= 15 is 0 Å². The van der Waals surface area contributed by atoms with E-state index in [1.807, 2.05) is 24.3 Å². The van der Waals surface area contributed by atoms with Gasteiger partial charge in [0.05, 0.1) is 5.60 Å². The lowest BCUT2D eigenvalue weighted by Crippen LogP contribution is -2.45. The van der Waals surface area contributed by atoms with Crippen LogP contribution in [0.3, 0.4) is 0 Å². The predicted molar refractivity (Wildman–Crippen MR) is 85.1 cm³/mol. The van der Waals surface area contributed by atoms with E-state index in [1.54, 1.807) is 0 Å². The highest BCUT2D eigenvalue weighted by molar-refractivity contribution is 6.30. The average molecular weight is 296 g/mol. The quantitative estimate of drug-likeness (QED) is 0.867. The van der Waals surface area contributed by atoms with Crippen molar-refractivity contribution in [3.63, 3.8) is 0 Å². The lowest BCUT2D eigenvalue weighted by Gasteiger charge is -2.40. The number of benzene rings is 1. The molecule has 0 radical (unpaired) electrons. The van der Waals surface area contributed by atoms with Crippen LogP contribution in [-0.2, 0) is 0 Å². The Kier molecular flexibility index (Phi) is 4.78. The molecule has 0 aromatic heterocycles. The summed E-state index contributed by atoms with van der Waals surface area (Å²) in [5, 5.41) is 14.9. The maximum atomic E-state index is 10.7. The van der Waals surface area contributed by atoms with E-state index in [0.29, 0.717) is 12.0 Å². The fourth-order valence-electron chi connectivity index (χ4n) is 2.78. The molecule has 0 heterocycles. The molecule has 1 fully saturated rings. The van der Waals surface area contributed by atoms with Crippen molar-refractivity contribution in [3.8, 4) is 0 Å². The van der Waals surface area contributed by atoms with E-state index in [4.69, 9.17) is 11.6 Å². The molecule has 0 spiro atoms. The van der Waals surface area contributed by atoms with Crippen LogP contribution in [0.25, 0.3) is 0 Å². The molecule has 2 nitrogen and oxygen atoms in total. The molecule has 1 unspecified atom stereocenters. The maximum Gasteiger partial charge on any atom is 0.0772 e. The summed E-state index contributed by atoms with van der Waals surface area (Å²) in [6, 6.07) is 8.12. The van der Waals surface area contributed by atoms with Gasteiger partial charge in [0.25, 0.3) is 0 Å². The second-order valence-corrected chi connectivity index (χ2v) is 7.48.